The first-order valence-electron chi connectivity index (χ1n) is 8.78. The Balaban J connectivity index is 1.33. The third kappa shape index (κ3) is 3.83. The molecule has 2 N–H and O–H groups in total. The van der Waals surface area contributed by atoms with Crippen LogP contribution in [0.2, 0.25) is 0 Å². The maximum absolute atomic E-state index is 6.19. The molecular weight excluding hydrogens is 358 g/mol. The fourth-order valence-electron chi connectivity index (χ4n) is 3.08. The molecule has 26 heavy (non-hydrogen) atoms. The van der Waals surface area contributed by atoms with Crippen LogP contribution in [0.5, 0.6) is 5.75 Å². The lowest BCUT2D eigenvalue weighted by atomic mass is 10.0. The highest BCUT2D eigenvalue weighted by atomic mass is 32.1. The van der Waals surface area contributed by atoms with Gasteiger partial charge in [0.05, 0.1) is 6.61 Å². The van der Waals surface area contributed by atoms with Gasteiger partial charge in [-0.25, -0.2) is 0 Å². The molecule has 0 saturated heterocycles. The number of hydrogen-bond acceptors (Lipinski definition) is 4. The van der Waals surface area contributed by atoms with Gasteiger partial charge in [-0.3, -0.25) is 0 Å². The van der Waals surface area contributed by atoms with Crippen molar-refractivity contribution >= 4 is 32.8 Å². The average Bonchev–Trinajstić information content (AvgIpc) is 3.35. The van der Waals surface area contributed by atoms with Gasteiger partial charge in [0.25, 0.3) is 0 Å². The number of fused-ring (bicyclic) bond motifs is 1. The maximum Gasteiger partial charge on any atom is 0.119 e. The van der Waals surface area contributed by atoms with E-state index in [0.717, 1.165) is 18.6 Å². The van der Waals surface area contributed by atoms with Crippen LogP contribution in [0.1, 0.15) is 24.4 Å². The van der Waals surface area contributed by atoms with E-state index in [0.29, 0.717) is 6.61 Å². The van der Waals surface area contributed by atoms with E-state index in [1.165, 1.54) is 26.8 Å². The molecule has 132 valence electrons. The minimum absolute atomic E-state index is 0.110. The van der Waals surface area contributed by atoms with Crippen LogP contribution in [0.15, 0.2) is 70.7 Å². The largest absolute Gasteiger partial charge is 0.494 e. The van der Waals surface area contributed by atoms with Crippen LogP contribution in [0.25, 0.3) is 21.2 Å². The third-order valence-corrected chi connectivity index (χ3v) is 6.21. The number of thiophene rings is 2. The molecule has 0 bridgehead atoms. The smallest absolute Gasteiger partial charge is 0.119 e. The van der Waals surface area contributed by atoms with Crippen molar-refractivity contribution < 1.29 is 4.74 Å². The first-order valence-corrected chi connectivity index (χ1v) is 10.6. The Labute approximate surface area is 161 Å². The molecule has 0 aliphatic heterocycles. The van der Waals surface area contributed by atoms with Crippen LogP contribution in [-0.4, -0.2) is 6.61 Å². The zero-order valence-corrected chi connectivity index (χ0v) is 16.1. The first kappa shape index (κ1) is 17.3. The molecule has 1 unspecified atom stereocenters. The molecule has 2 aromatic heterocycles. The van der Waals surface area contributed by atoms with Crippen molar-refractivity contribution in [1.29, 1.82) is 0 Å². The van der Waals surface area contributed by atoms with Crippen LogP contribution in [-0.2, 0) is 0 Å². The maximum atomic E-state index is 6.19. The molecule has 0 radical (unpaired) electrons. The Kier molecular flexibility index (Phi) is 5.34. The highest BCUT2D eigenvalue weighted by Crippen LogP contribution is 2.34. The minimum atomic E-state index is 0.110. The molecule has 0 aliphatic carbocycles. The van der Waals surface area contributed by atoms with Gasteiger partial charge in [-0.05, 0) is 64.4 Å². The number of rotatable bonds is 7. The van der Waals surface area contributed by atoms with Crippen LogP contribution in [0.3, 0.4) is 0 Å². The van der Waals surface area contributed by atoms with Gasteiger partial charge in [0, 0.05) is 21.7 Å². The SMILES string of the molecule is NC(CCCOc1ccc(-c2csc3ccccc23)cc1)c1ccsc1. The van der Waals surface area contributed by atoms with Gasteiger partial charge >= 0.3 is 0 Å². The van der Waals surface area contributed by atoms with Crippen LogP contribution < -0.4 is 10.5 Å². The van der Waals surface area contributed by atoms with Gasteiger partial charge in [-0.2, -0.15) is 11.3 Å². The summed E-state index contributed by atoms with van der Waals surface area (Å²) in [6, 6.07) is 19.1. The fraction of sp³-hybridized carbons (Fsp3) is 0.182. The summed E-state index contributed by atoms with van der Waals surface area (Å²) in [6.07, 6.45) is 1.89. The lowest BCUT2D eigenvalue weighted by molar-refractivity contribution is 0.302. The molecule has 2 heterocycles. The summed E-state index contributed by atoms with van der Waals surface area (Å²) in [4.78, 5) is 0. The Morgan fingerprint density at radius 2 is 1.81 bits per heavy atom. The molecule has 2 aromatic carbocycles. The van der Waals surface area contributed by atoms with E-state index >= 15 is 0 Å². The third-order valence-electron chi connectivity index (χ3n) is 4.55. The molecule has 0 spiro atoms. The van der Waals surface area contributed by atoms with Gasteiger partial charge in [-0.15, -0.1) is 11.3 Å². The van der Waals surface area contributed by atoms with Gasteiger partial charge in [0.1, 0.15) is 5.75 Å². The van der Waals surface area contributed by atoms with E-state index < -0.39 is 0 Å². The Bertz CT molecular complexity index is 957. The highest BCUT2D eigenvalue weighted by molar-refractivity contribution is 7.17. The van der Waals surface area contributed by atoms with Gasteiger partial charge in [0.2, 0.25) is 0 Å². The summed E-state index contributed by atoms with van der Waals surface area (Å²) in [5.41, 5.74) is 9.94. The quantitative estimate of drug-likeness (QED) is 0.373. The van der Waals surface area contributed by atoms with Crippen LogP contribution >= 0.6 is 22.7 Å². The molecular formula is C22H21NOS2. The average molecular weight is 380 g/mol. The van der Waals surface area contributed by atoms with Crippen molar-refractivity contribution in [2.45, 2.75) is 18.9 Å². The number of ether oxygens (including phenoxy) is 1. The van der Waals surface area contributed by atoms with Crippen molar-refractivity contribution in [3.63, 3.8) is 0 Å². The number of benzene rings is 2. The summed E-state index contributed by atoms with van der Waals surface area (Å²) in [7, 11) is 0. The standard InChI is InChI=1S/C22H21NOS2/c23-21(17-11-13-25-14-17)5-3-12-24-18-9-7-16(8-10-18)20-15-26-22-6-2-1-4-19(20)22/h1-2,4,6-11,13-15,21H,3,5,12,23H2. The summed E-state index contributed by atoms with van der Waals surface area (Å²) >= 11 is 3.48. The summed E-state index contributed by atoms with van der Waals surface area (Å²) in [5.74, 6) is 0.914. The molecule has 0 fully saturated rings. The molecule has 4 heteroatoms. The molecule has 0 aliphatic rings. The fourth-order valence-corrected chi connectivity index (χ4v) is 4.77. The summed E-state index contributed by atoms with van der Waals surface area (Å²) in [6.45, 7) is 0.693. The van der Waals surface area contributed by atoms with E-state index in [1.54, 1.807) is 22.7 Å². The predicted molar refractivity (Wildman–Crippen MR) is 113 cm³/mol. The Morgan fingerprint density at radius 3 is 2.62 bits per heavy atom. The second-order valence-electron chi connectivity index (χ2n) is 6.32. The first-order chi connectivity index (χ1) is 12.8. The van der Waals surface area contributed by atoms with Crippen molar-refractivity contribution in [3.05, 3.63) is 76.3 Å². The minimum Gasteiger partial charge on any atom is -0.494 e. The zero-order valence-electron chi connectivity index (χ0n) is 14.4. The van der Waals surface area contributed by atoms with E-state index in [1.807, 2.05) is 0 Å². The molecule has 1 atom stereocenters. The van der Waals surface area contributed by atoms with E-state index in [-0.39, 0.29) is 6.04 Å². The van der Waals surface area contributed by atoms with Crippen molar-refractivity contribution in [1.82, 2.24) is 0 Å². The lowest BCUT2D eigenvalue weighted by Gasteiger charge is -2.11. The summed E-state index contributed by atoms with van der Waals surface area (Å²) in [5, 5.41) is 7.74. The number of nitrogens with two attached hydrogens (primary N) is 1. The van der Waals surface area contributed by atoms with E-state index in [2.05, 4.69) is 70.7 Å². The Hall–Kier alpha value is -2.14. The highest BCUT2D eigenvalue weighted by Gasteiger charge is 2.07. The normalized spacial score (nSPS) is 12.3. The van der Waals surface area contributed by atoms with E-state index in [9.17, 15) is 0 Å². The summed E-state index contributed by atoms with van der Waals surface area (Å²) < 4.78 is 7.21. The molecule has 4 aromatic rings. The van der Waals surface area contributed by atoms with E-state index in [4.69, 9.17) is 10.5 Å². The Morgan fingerprint density at radius 1 is 0.962 bits per heavy atom. The number of hydrogen-bond donors (Lipinski definition) is 1. The second-order valence-corrected chi connectivity index (χ2v) is 8.02. The van der Waals surface area contributed by atoms with Gasteiger partial charge in [0.15, 0.2) is 0 Å². The second kappa shape index (κ2) is 8.04. The van der Waals surface area contributed by atoms with Crippen LogP contribution in [0.4, 0.5) is 0 Å². The lowest BCUT2D eigenvalue weighted by Crippen LogP contribution is -2.10. The topological polar surface area (TPSA) is 35.2 Å². The van der Waals surface area contributed by atoms with Crippen molar-refractivity contribution in [3.8, 4) is 16.9 Å². The molecule has 0 saturated carbocycles. The van der Waals surface area contributed by atoms with Crippen molar-refractivity contribution in [2.24, 2.45) is 5.73 Å². The van der Waals surface area contributed by atoms with Crippen molar-refractivity contribution in [2.75, 3.05) is 6.61 Å². The van der Waals surface area contributed by atoms with Gasteiger partial charge in [-0.1, -0.05) is 30.3 Å². The van der Waals surface area contributed by atoms with Gasteiger partial charge < -0.3 is 10.5 Å². The van der Waals surface area contributed by atoms with Crippen LogP contribution in [0, 0.1) is 0 Å². The molecule has 4 rings (SSSR count). The predicted octanol–water partition coefficient (Wildman–Crippen LogP) is 6.49. The monoisotopic (exact) mass is 379 g/mol. The zero-order chi connectivity index (χ0) is 17.8. The molecule has 2 nitrogen and oxygen atoms in total. The molecule has 0 amide bonds.